The number of nitrogens with two attached hydrogens (primary N) is 1. The monoisotopic (exact) mass is 194 g/mol. The fourth-order valence-electron chi connectivity index (χ4n) is 0.930. The molecule has 0 heterocycles. The Bertz CT molecular complexity index is 350. The Kier molecular flexibility index (Phi) is 3.49. The number of hydrogen-bond donors (Lipinski definition) is 2. The van der Waals surface area contributed by atoms with E-state index in [9.17, 15) is 4.79 Å². The SMILES string of the molecule is NC(=O)COc1ccccc1/C=N/O. The van der Waals surface area contributed by atoms with Gasteiger partial charge < -0.3 is 15.7 Å². The molecule has 0 radical (unpaired) electrons. The molecule has 0 aromatic heterocycles. The third-order valence-corrected chi connectivity index (χ3v) is 1.49. The molecule has 0 spiro atoms. The second-order valence-electron chi connectivity index (χ2n) is 2.54. The number of ether oxygens (including phenoxy) is 1. The van der Waals surface area contributed by atoms with Gasteiger partial charge in [-0.3, -0.25) is 4.79 Å². The zero-order valence-electron chi connectivity index (χ0n) is 7.38. The molecule has 0 unspecified atom stereocenters. The minimum absolute atomic E-state index is 0.198. The van der Waals surface area contributed by atoms with E-state index in [2.05, 4.69) is 5.16 Å². The Morgan fingerprint density at radius 3 is 2.93 bits per heavy atom. The molecule has 1 rings (SSSR count). The van der Waals surface area contributed by atoms with E-state index in [1.165, 1.54) is 6.21 Å². The van der Waals surface area contributed by atoms with Crippen LogP contribution in [0.2, 0.25) is 0 Å². The summed E-state index contributed by atoms with van der Waals surface area (Å²) in [6.45, 7) is -0.198. The minimum atomic E-state index is -0.555. The number of nitrogens with zero attached hydrogens (tertiary/aromatic N) is 1. The second kappa shape index (κ2) is 4.86. The van der Waals surface area contributed by atoms with E-state index >= 15 is 0 Å². The molecule has 5 nitrogen and oxygen atoms in total. The predicted molar refractivity (Wildman–Crippen MR) is 50.5 cm³/mol. The average Bonchev–Trinajstić information content (AvgIpc) is 2.17. The molecule has 3 N–H and O–H groups in total. The number of oxime groups is 1. The number of para-hydroxylation sites is 1. The number of amides is 1. The lowest BCUT2D eigenvalue weighted by Gasteiger charge is -2.05. The highest BCUT2D eigenvalue weighted by atomic mass is 16.5. The number of carbonyl (C=O) groups excluding carboxylic acids is 1. The van der Waals surface area contributed by atoms with Gasteiger partial charge in [0.05, 0.1) is 6.21 Å². The summed E-state index contributed by atoms with van der Waals surface area (Å²) >= 11 is 0. The number of rotatable bonds is 4. The fraction of sp³-hybridized carbons (Fsp3) is 0.111. The fourth-order valence-corrected chi connectivity index (χ4v) is 0.930. The lowest BCUT2D eigenvalue weighted by Crippen LogP contribution is -2.20. The van der Waals surface area contributed by atoms with Gasteiger partial charge in [-0.15, -0.1) is 0 Å². The van der Waals surface area contributed by atoms with Gasteiger partial charge >= 0.3 is 0 Å². The highest BCUT2D eigenvalue weighted by Gasteiger charge is 2.01. The smallest absolute Gasteiger partial charge is 0.255 e. The first kappa shape index (κ1) is 10.0. The molecule has 0 saturated heterocycles. The van der Waals surface area contributed by atoms with Crippen LogP contribution in [-0.2, 0) is 4.79 Å². The molecular weight excluding hydrogens is 184 g/mol. The first-order valence-corrected chi connectivity index (χ1v) is 3.91. The number of hydrogen-bond acceptors (Lipinski definition) is 4. The lowest BCUT2D eigenvalue weighted by atomic mass is 10.2. The van der Waals surface area contributed by atoms with Crippen LogP contribution >= 0.6 is 0 Å². The van der Waals surface area contributed by atoms with Crippen molar-refractivity contribution in [3.8, 4) is 5.75 Å². The van der Waals surface area contributed by atoms with Crippen LogP contribution in [0.25, 0.3) is 0 Å². The van der Waals surface area contributed by atoms with Gasteiger partial charge in [0.25, 0.3) is 5.91 Å². The van der Waals surface area contributed by atoms with Gasteiger partial charge in [0.2, 0.25) is 0 Å². The topological polar surface area (TPSA) is 84.9 Å². The molecule has 0 bridgehead atoms. The molecule has 0 saturated carbocycles. The van der Waals surface area contributed by atoms with Crippen molar-refractivity contribution in [2.24, 2.45) is 10.9 Å². The van der Waals surface area contributed by atoms with E-state index in [1.807, 2.05) is 0 Å². The Balaban J connectivity index is 2.79. The first-order valence-electron chi connectivity index (χ1n) is 3.91. The van der Waals surface area contributed by atoms with Crippen LogP contribution in [0, 0.1) is 0 Å². The summed E-state index contributed by atoms with van der Waals surface area (Å²) in [5, 5.41) is 11.2. The molecule has 1 aromatic rings. The Morgan fingerprint density at radius 1 is 1.57 bits per heavy atom. The van der Waals surface area contributed by atoms with Gasteiger partial charge in [0, 0.05) is 5.56 Å². The van der Waals surface area contributed by atoms with Crippen molar-refractivity contribution in [2.75, 3.05) is 6.61 Å². The van der Waals surface area contributed by atoms with Gasteiger partial charge in [-0.25, -0.2) is 0 Å². The van der Waals surface area contributed by atoms with Crippen LogP contribution in [0.3, 0.4) is 0 Å². The van der Waals surface area contributed by atoms with E-state index in [1.54, 1.807) is 24.3 Å². The molecule has 1 aromatic carbocycles. The third kappa shape index (κ3) is 2.78. The summed E-state index contributed by atoms with van der Waals surface area (Å²) < 4.78 is 5.07. The van der Waals surface area contributed by atoms with Crippen molar-refractivity contribution in [3.05, 3.63) is 29.8 Å². The van der Waals surface area contributed by atoms with Crippen LogP contribution < -0.4 is 10.5 Å². The Morgan fingerprint density at radius 2 is 2.29 bits per heavy atom. The standard InChI is InChI=1S/C9H10N2O3/c10-9(12)6-14-8-4-2-1-3-7(8)5-11-13/h1-5,13H,6H2,(H2,10,12)/b11-5+. The van der Waals surface area contributed by atoms with Crippen LogP contribution in [0.1, 0.15) is 5.56 Å². The molecule has 74 valence electrons. The van der Waals surface area contributed by atoms with Crippen LogP contribution in [0.4, 0.5) is 0 Å². The quantitative estimate of drug-likeness (QED) is 0.412. The molecule has 0 aliphatic heterocycles. The van der Waals surface area contributed by atoms with E-state index < -0.39 is 5.91 Å². The van der Waals surface area contributed by atoms with E-state index in [4.69, 9.17) is 15.7 Å². The van der Waals surface area contributed by atoms with E-state index in [0.29, 0.717) is 11.3 Å². The maximum Gasteiger partial charge on any atom is 0.255 e. The van der Waals surface area contributed by atoms with Crippen LogP contribution in [0.15, 0.2) is 29.4 Å². The molecule has 0 aliphatic carbocycles. The van der Waals surface area contributed by atoms with Crippen LogP contribution in [-0.4, -0.2) is 23.9 Å². The van der Waals surface area contributed by atoms with Crippen molar-refractivity contribution in [2.45, 2.75) is 0 Å². The summed E-state index contributed by atoms with van der Waals surface area (Å²) in [5.74, 6) is -0.107. The van der Waals surface area contributed by atoms with Crippen molar-refractivity contribution >= 4 is 12.1 Å². The summed E-state index contributed by atoms with van der Waals surface area (Å²) in [5.41, 5.74) is 5.50. The second-order valence-corrected chi connectivity index (χ2v) is 2.54. The molecule has 0 atom stereocenters. The third-order valence-electron chi connectivity index (χ3n) is 1.49. The molecule has 0 aliphatic rings. The zero-order valence-corrected chi connectivity index (χ0v) is 7.38. The number of carbonyl (C=O) groups is 1. The summed E-state index contributed by atoms with van der Waals surface area (Å²) in [7, 11) is 0. The van der Waals surface area contributed by atoms with Crippen molar-refractivity contribution in [1.82, 2.24) is 0 Å². The molecule has 14 heavy (non-hydrogen) atoms. The van der Waals surface area contributed by atoms with Gasteiger partial charge in [-0.2, -0.15) is 0 Å². The summed E-state index contributed by atoms with van der Waals surface area (Å²) in [4.78, 5) is 10.5. The minimum Gasteiger partial charge on any atom is -0.483 e. The lowest BCUT2D eigenvalue weighted by molar-refractivity contribution is -0.119. The maximum absolute atomic E-state index is 10.5. The number of benzene rings is 1. The predicted octanol–water partition coefficient (Wildman–Crippen LogP) is 0.359. The Labute approximate surface area is 80.8 Å². The highest BCUT2D eigenvalue weighted by Crippen LogP contribution is 2.15. The average molecular weight is 194 g/mol. The highest BCUT2D eigenvalue weighted by molar-refractivity contribution is 5.83. The van der Waals surface area contributed by atoms with Crippen LogP contribution in [0.5, 0.6) is 5.75 Å². The molecular formula is C9H10N2O3. The molecule has 1 amide bonds. The van der Waals surface area contributed by atoms with Gasteiger partial charge in [0.15, 0.2) is 6.61 Å². The van der Waals surface area contributed by atoms with E-state index in [-0.39, 0.29) is 6.61 Å². The number of primary amides is 1. The molecule has 5 heteroatoms. The summed E-state index contributed by atoms with van der Waals surface area (Å²) in [6, 6.07) is 6.84. The molecule has 0 fully saturated rings. The zero-order chi connectivity index (χ0) is 10.4. The van der Waals surface area contributed by atoms with Gasteiger partial charge in [-0.05, 0) is 12.1 Å². The van der Waals surface area contributed by atoms with Crippen molar-refractivity contribution in [3.63, 3.8) is 0 Å². The van der Waals surface area contributed by atoms with Gasteiger partial charge in [-0.1, -0.05) is 17.3 Å². The summed E-state index contributed by atoms with van der Waals surface area (Å²) in [6.07, 6.45) is 1.22. The van der Waals surface area contributed by atoms with E-state index in [0.717, 1.165) is 0 Å². The largest absolute Gasteiger partial charge is 0.483 e. The normalized spacial score (nSPS) is 10.3. The van der Waals surface area contributed by atoms with Gasteiger partial charge in [0.1, 0.15) is 5.75 Å². The maximum atomic E-state index is 10.5. The Hall–Kier alpha value is -2.04. The van der Waals surface area contributed by atoms with Crippen molar-refractivity contribution < 1.29 is 14.7 Å². The van der Waals surface area contributed by atoms with Crippen molar-refractivity contribution in [1.29, 1.82) is 0 Å². The first-order chi connectivity index (χ1) is 6.74.